The first-order valence-electron chi connectivity index (χ1n) is 9.40. The number of likely N-dealkylation sites (tertiary alicyclic amines) is 1. The van der Waals surface area contributed by atoms with Crippen LogP contribution >= 0.6 is 0 Å². The molecule has 1 saturated heterocycles. The van der Waals surface area contributed by atoms with Crippen molar-refractivity contribution in [3.05, 3.63) is 28.3 Å². The molecule has 0 unspecified atom stereocenters. The molecule has 1 amide bonds. The van der Waals surface area contributed by atoms with Crippen LogP contribution in [-0.4, -0.2) is 52.7 Å². The second-order valence-electron chi connectivity index (χ2n) is 8.11. The molecule has 0 radical (unpaired) electrons. The molecule has 0 bridgehead atoms. The quantitative estimate of drug-likeness (QED) is 0.575. The maximum absolute atomic E-state index is 12.6. The molecule has 0 saturated carbocycles. The van der Waals surface area contributed by atoms with Crippen molar-refractivity contribution in [1.29, 1.82) is 0 Å². The highest BCUT2D eigenvalue weighted by Gasteiger charge is 2.31. The van der Waals surface area contributed by atoms with E-state index in [0.29, 0.717) is 30.2 Å². The molecule has 0 spiro atoms. The summed E-state index contributed by atoms with van der Waals surface area (Å²) in [6, 6.07) is 4.68. The Morgan fingerprint density at radius 1 is 1.43 bits per heavy atom. The van der Waals surface area contributed by atoms with E-state index in [9.17, 15) is 14.9 Å². The van der Waals surface area contributed by atoms with Crippen molar-refractivity contribution in [3.8, 4) is 0 Å². The Morgan fingerprint density at radius 2 is 2.18 bits per heavy atom. The molecule has 0 aliphatic carbocycles. The van der Waals surface area contributed by atoms with Gasteiger partial charge in [-0.3, -0.25) is 10.1 Å². The summed E-state index contributed by atoms with van der Waals surface area (Å²) in [6.45, 7) is 6.76. The van der Waals surface area contributed by atoms with Crippen LogP contribution in [-0.2, 0) is 4.74 Å². The average Bonchev–Trinajstić information content (AvgIpc) is 3.04. The van der Waals surface area contributed by atoms with Gasteiger partial charge in [-0.1, -0.05) is 0 Å². The number of hydrogen-bond acceptors (Lipinski definition) is 7. The molecule has 1 fully saturated rings. The molecule has 152 valence electrons. The lowest BCUT2D eigenvalue weighted by molar-refractivity contribution is -0.384. The van der Waals surface area contributed by atoms with E-state index in [4.69, 9.17) is 9.15 Å². The average molecular weight is 390 g/mol. The Balaban J connectivity index is 1.74. The van der Waals surface area contributed by atoms with Gasteiger partial charge in [-0.2, -0.15) is 4.98 Å². The van der Waals surface area contributed by atoms with E-state index in [0.717, 1.165) is 19.3 Å². The van der Waals surface area contributed by atoms with Crippen LogP contribution in [0.4, 0.5) is 16.5 Å². The van der Waals surface area contributed by atoms with Gasteiger partial charge in [-0.05, 0) is 46.1 Å². The summed E-state index contributed by atoms with van der Waals surface area (Å²) in [6.07, 6.45) is 2.55. The lowest BCUT2D eigenvalue weighted by Gasteiger charge is -2.38. The molecule has 1 atom stereocenters. The van der Waals surface area contributed by atoms with Crippen LogP contribution in [0.25, 0.3) is 11.1 Å². The number of carbonyl (C=O) groups excluding carboxylic acids is 1. The number of nitro benzene ring substituents is 1. The van der Waals surface area contributed by atoms with Crippen molar-refractivity contribution in [3.63, 3.8) is 0 Å². The van der Waals surface area contributed by atoms with Gasteiger partial charge in [-0.15, -0.1) is 0 Å². The van der Waals surface area contributed by atoms with Crippen molar-refractivity contribution >= 4 is 28.9 Å². The molecule has 1 aliphatic heterocycles. The monoisotopic (exact) mass is 390 g/mol. The number of anilines is 1. The number of hydrogen-bond donors (Lipinski definition) is 0. The maximum atomic E-state index is 12.6. The number of carbonyl (C=O) groups is 1. The SMILES string of the molecule is CN(C[C@H]1CCCCN1C(=O)OC(C)(C)C)c1nc2cc([N+](=O)[O-])ccc2o1. The van der Waals surface area contributed by atoms with E-state index in [1.165, 1.54) is 12.1 Å². The van der Waals surface area contributed by atoms with Crippen molar-refractivity contribution in [1.82, 2.24) is 9.88 Å². The number of ether oxygens (including phenoxy) is 1. The molecule has 9 heteroatoms. The normalized spacial score (nSPS) is 17.6. The second-order valence-corrected chi connectivity index (χ2v) is 8.11. The van der Waals surface area contributed by atoms with E-state index in [1.807, 2.05) is 32.7 Å². The fourth-order valence-corrected chi connectivity index (χ4v) is 3.33. The fourth-order valence-electron chi connectivity index (χ4n) is 3.33. The minimum Gasteiger partial charge on any atom is -0.444 e. The second kappa shape index (κ2) is 7.65. The molecule has 28 heavy (non-hydrogen) atoms. The van der Waals surface area contributed by atoms with Gasteiger partial charge in [0.1, 0.15) is 11.1 Å². The van der Waals surface area contributed by atoms with Crippen molar-refractivity contribution in [2.24, 2.45) is 0 Å². The Labute approximate surface area is 163 Å². The maximum Gasteiger partial charge on any atom is 0.410 e. The molecule has 2 heterocycles. The molecule has 0 N–H and O–H groups in total. The summed E-state index contributed by atoms with van der Waals surface area (Å²) in [5, 5.41) is 10.9. The van der Waals surface area contributed by atoms with E-state index in [-0.39, 0.29) is 17.8 Å². The minimum absolute atomic E-state index is 0.0158. The van der Waals surface area contributed by atoms with Crippen LogP contribution in [0.1, 0.15) is 40.0 Å². The van der Waals surface area contributed by atoms with Gasteiger partial charge in [0.25, 0.3) is 11.7 Å². The third-order valence-electron chi connectivity index (χ3n) is 4.64. The number of non-ortho nitro benzene ring substituents is 1. The Hall–Kier alpha value is -2.84. The number of fused-ring (bicyclic) bond motifs is 1. The first-order chi connectivity index (χ1) is 13.1. The number of nitrogens with zero attached hydrogens (tertiary/aromatic N) is 4. The van der Waals surface area contributed by atoms with Crippen LogP contribution < -0.4 is 4.90 Å². The largest absolute Gasteiger partial charge is 0.444 e. The molecule has 2 aromatic rings. The molecule has 1 aromatic heterocycles. The summed E-state index contributed by atoms with van der Waals surface area (Å²) >= 11 is 0. The molecular formula is C19H26N4O5. The highest BCUT2D eigenvalue weighted by atomic mass is 16.6. The zero-order chi connectivity index (χ0) is 20.5. The van der Waals surface area contributed by atoms with Crippen LogP contribution in [0.15, 0.2) is 22.6 Å². The standard InChI is InChI=1S/C19H26N4O5/c1-19(2,3)28-18(24)22-10-6-5-7-14(22)12-21(4)17-20-15-11-13(23(25)26)8-9-16(15)27-17/h8-9,11,14H,5-7,10,12H2,1-4H3/t14-/m1/s1. The number of nitro groups is 1. The minimum atomic E-state index is -0.542. The van der Waals surface area contributed by atoms with Crippen LogP contribution in [0, 0.1) is 10.1 Å². The van der Waals surface area contributed by atoms with E-state index < -0.39 is 10.5 Å². The van der Waals surface area contributed by atoms with Gasteiger partial charge < -0.3 is 19.0 Å². The molecule has 1 aliphatic rings. The van der Waals surface area contributed by atoms with Gasteiger partial charge in [-0.25, -0.2) is 4.79 Å². The lowest BCUT2D eigenvalue weighted by Crippen LogP contribution is -2.50. The predicted octanol–water partition coefficient (Wildman–Crippen LogP) is 3.96. The molecule has 9 nitrogen and oxygen atoms in total. The number of aromatic nitrogens is 1. The Kier molecular flexibility index (Phi) is 5.44. The van der Waals surface area contributed by atoms with Gasteiger partial charge in [0.05, 0.1) is 11.0 Å². The molecular weight excluding hydrogens is 364 g/mol. The van der Waals surface area contributed by atoms with Gasteiger partial charge >= 0.3 is 6.09 Å². The Morgan fingerprint density at radius 3 is 2.86 bits per heavy atom. The number of piperidine rings is 1. The molecule has 1 aromatic carbocycles. The summed E-state index contributed by atoms with van der Waals surface area (Å²) in [7, 11) is 1.83. The highest BCUT2D eigenvalue weighted by molar-refractivity contribution is 5.77. The first kappa shape index (κ1) is 19.9. The number of rotatable bonds is 4. The van der Waals surface area contributed by atoms with Crippen molar-refractivity contribution < 1.29 is 18.9 Å². The zero-order valence-electron chi connectivity index (χ0n) is 16.7. The van der Waals surface area contributed by atoms with Crippen molar-refractivity contribution in [2.75, 3.05) is 25.0 Å². The number of benzene rings is 1. The molecule has 3 rings (SSSR count). The van der Waals surface area contributed by atoms with E-state index in [2.05, 4.69) is 4.98 Å². The first-order valence-corrected chi connectivity index (χ1v) is 9.40. The van der Waals surface area contributed by atoms with E-state index in [1.54, 1.807) is 11.0 Å². The lowest BCUT2D eigenvalue weighted by atomic mass is 10.0. The number of oxazole rings is 1. The third kappa shape index (κ3) is 4.52. The third-order valence-corrected chi connectivity index (χ3v) is 4.64. The van der Waals surface area contributed by atoms with Gasteiger partial charge in [0.2, 0.25) is 0 Å². The fraction of sp³-hybridized carbons (Fsp3) is 0.579. The van der Waals surface area contributed by atoms with Crippen LogP contribution in [0.5, 0.6) is 0 Å². The number of amides is 1. The Bertz CT molecular complexity index is 873. The summed E-state index contributed by atoms with van der Waals surface area (Å²) in [5.41, 5.74) is 0.349. The zero-order valence-corrected chi connectivity index (χ0v) is 16.7. The van der Waals surface area contributed by atoms with Crippen molar-refractivity contribution in [2.45, 2.75) is 51.7 Å². The van der Waals surface area contributed by atoms with Gasteiger partial charge in [0.15, 0.2) is 5.58 Å². The van der Waals surface area contributed by atoms with E-state index >= 15 is 0 Å². The predicted molar refractivity (Wildman–Crippen MR) is 105 cm³/mol. The van der Waals surface area contributed by atoms with Gasteiger partial charge in [0, 0.05) is 32.3 Å². The van der Waals surface area contributed by atoms with Crippen LogP contribution in [0.2, 0.25) is 0 Å². The summed E-state index contributed by atoms with van der Waals surface area (Å²) < 4.78 is 11.3. The van der Waals surface area contributed by atoms with Crippen LogP contribution in [0.3, 0.4) is 0 Å². The summed E-state index contributed by atoms with van der Waals surface area (Å²) in [4.78, 5) is 31.0. The smallest absolute Gasteiger partial charge is 0.410 e. The summed E-state index contributed by atoms with van der Waals surface area (Å²) in [5.74, 6) is 0. The highest BCUT2D eigenvalue weighted by Crippen LogP contribution is 2.27. The number of likely N-dealkylation sites (N-methyl/N-ethyl adjacent to an activating group) is 1. The topological polar surface area (TPSA) is 102 Å².